The lowest BCUT2D eigenvalue weighted by atomic mass is 10.0. The maximum atomic E-state index is 6.25. The van der Waals surface area contributed by atoms with Crippen molar-refractivity contribution in [2.45, 2.75) is 0 Å². The lowest BCUT2D eigenvalue weighted by Gasteiger charge is -2.11. The van der Waals surface area contributed by atoms with Gasteiger partial charge in [0.25, 0.3) is 0 Å². The number of fused-ring (bicyclic) bond motifs is 11. The fourth-order valence-corrected chi connectivity index (χ4v) is 8.78. The van der Waals surface area contributed by atoms with E-state index >= 15 is 0 Å². The van der Waals surface area contributed by atoms with Crippen molar-refractivity contribution in [3.63, 3.8) is 0 Å². The number of rotatable bonds is 3. The molecule has 0 aliphatic rings. The van der Waals surface area contributed by atoms with Gasteiger partial charge in [0, 0.05) is 43.7 Å². The first-order valence-corrected chi connectivity index (χ1v) is 18.2. The molecular weight excluding hydrogens is 645 g/mol. The molecule has 0 aliphatic heterocycles. The fourth-order valence-electron chi connectivity index (χ4n) is 8.78. The predicted octanol–water partition coefficient (Wildman–Crippen LogP) is 13.8. The number of nitrogens with zero attached hydrogens (tertiary/aromatic N) is 2. The monoisotopic (exact) mass is 674 g/mol. The van der Waals surface area contributed by atoms with Crippen LogP contribution in [0.3, 0.4) is 0 Å². The summed E-state index contributed by atoms with van der Waals surface area (Å²) in [6, 6.07) is 66.2. The number of hydrogen-bond donors (Lipinski definition) is 0. The van der Waals surface area contributed by atoms with Crippen LogP contribution in [0.25, 0.3) is 110 Å². The van der Waals surface area contributed by atoms with Gasteiger partial charge in [-0.2, -0.15) is 0 Å². The second-order valence-electron chi connectivity index (χ2n) is 14.2. The van der Waals surface area contributed by atoms with E-state index in [1.54, 1.807) is 0 Å². The maximum Gasteiger partial charge on any atom is 0.136 e. The van der Waals surface area contributed by atoms with Gasteiger partial charge in [-0.05, 0) is 124 Å². The van der Waals surface area contributed by atoms with E-state index in [4.69, 9.17) is 4.42 Å². The Morgan fingerprint density at radius 1 is 0.283 bits per heavy atom. The molecule has 246 valence electrons. The molecule has 0 radical (unpaired) electrons. The molecule has 0 amide bonds. The summed E-state index contributed by atoms with van der Waals surface area (Å²) in [7, 11) is 0. The number of hydrogen-bond acceptors (Lipinski definition) is 1. The third-order valence-corrected chi connectivity index (χ3v) is 11.2. The van der Waals surface area contributed by atoms with E-state index in [9.17, 15) is 0 Å². The van der Waals surface area contributed by atoms with Crippen LogP contribution in [0.15, 0.2) is 186 Å². The Bertz CT molecular complexity index is 3450. The van der Waals surface area contributed by atoms with Crippen LogP contribution in [-0.2, 0) is 0 Å². The molecule has 0 saturated heterocycles. The van der Waals surface area contributed by atoms with Gasteiger partial charge in [0.05, 0.1) is 22.1 Å². The second kappa shape index (κ2) is 10.7. The fraction of sp³-hybridized carbons (Fsp3) is 0. The summed E-state index contributed by atoms with van der Waals surface area (Å²) < 4.78 is 11.0. The van der Waals surface area contributed by atoms with Crippen LogP contribution in [0, 0.1) is 0 Å². The molecule has 3 nitrogen and oxygen atoms in total. The van der Waals surface area contributed by atoms with Gasteiger partial charge in [-0.15, -0.1) is 0 Å². The average Bonchev–Trinajstić information content (AvgIpc) is 3.86. The highest BCUT2D eigenvalue weighted by Gasteiger charge is 2.17. The van der Waals surface area contributed by atoms with Crippen molar-refractivity contribution in [1.29, 1.82) is 0 Å². The zero-order chi connectivity index (χ0) is 34.6. The Labute approximate surface area is 304 Å². The molecule has 0 saturated carbocycles. The van der Waals surface area contributed by atoms with Crippen LogP contribution in [0.1, 0.15) is 0 Å². The summed E-state index contributed by atoms with van der Waals surface area (Å²) in [6.07, 6.45) is 0. The molecule has 0 bridgehead atoms. The third-order valence-electron chi connectivity index (χ3n) is 11.2. The molecule has 0 aliphatic carbocycles. The summed E-state index contributed by atoms with van der Waals surface area (Å²) in [6.45, 7) is 0. The van der Waals surface area contributed by atoms with Gasteiger partial charge in [0.2, 0.25) is 0 Å². The van der Waals surface area contributed by atoms with E-state index in [-0.39, 0.29) is 0 Å². The zero-order valence-electron chi connectivity index (χ0n) is 28.6. The summed E-state index contributed by atoms with van der Waals surface area (Å²) in [5.41, 5.74) is 11.4. The molecule has 3 aromatic heterocycles. The minimum absolute atomic E-state index is 0.925. The second-order valence-corrected chi connectivity index (χ2v) is 14.2. The standard InChI is InChI=1S/C50H30N2O/c1-2-10-37(11-3-1)51-45-15-7-4-12-39(45)42-27-32(19-22-47(42)51)33-20-23-48-43(28-33)40-13-5-8-16-46(40)52(48)38-21-18-31-24-35-29-44-41-14-6-9-17-49(41)53-50(44)30-36(35)25-34(31)26-38/h1-30H. The van der Waals surface area contributed by atoms with Gasteiger partial charge in [-0.3, -0.25) is 0 Å². The van der Waals surface area contributed by atoms with Crippen molar-refractivity contribution in [3.8, 4) is 22.5 Å². The molecule has 9 aromatic carbocycles. The Hall–Kier alpha value is -7.10. The Morgan fingerprint density at radius 3 is 1.55 bits per heavy atom. The quantitative estimate of drug-likeness (QED) is 0.171. The smallest absolute Gasteiger partial charge is 0.136 e. The SMILES string of the molecule is c1ccc(-n2c3ccccc3c3cc(-c4ccc5c(c4)c4ccccc4n5-c4ccc5cc6cc7c(cc6cc5c4)oc4ccccc47)ccc32)cc1. The molecule has 0 fully saturated rings. The first-order valence-electron chi connectivity index (χ1n) is 18.2. The summed E-state index contributed by atoms with van der Waals surface area (Å²) in [5.74, 6) is 0. The van der Waals surface area contributed by atoms with Crippen LogP contribution in [0.4, 0.5) is 0 Å². The van der Waals surface area contributed by atoms with Crippen molar-refractivity contribution in [2.24, 2.45) is 0 Å². The highest BCUT2D eigenvalue weighted by atomic mass is 16.3. The molecule has 3 heteroatoms. The van der Waals surface area contributed by atoms with Crippen LogP contribution in [0.2, 0.25) is 0 Å². The largest absolute Gasteiger partial charge is 0.456 e. The minimum atomic E-state index is 0.925. The van der Waals surface area contributed by atoms with Crippen molar-refractivity contribution in [2.75, 3.05) is 0 Å². The number of para-hydroxylation sites is 4. The summed E-state index contributed by atoms with van der Waals surface area (Å²) >= 11 is 0. The predicted molar refractivity (Wildman–Crippen MR) is 223 cm³/mol. The molecule has 53 heavy (non-hydrogen) atoms. The average molecular weight is 675 g/mol. The molecule has 12 rings (SSSR count). The normalized spacial score (nSPS) is 12.2. The molecule has 12 aromatic rings. The van der Waals surface area contributed by atoms with E-state index < -0.39 is 0 Å². The van der Waals surface area contributed by atoms with Crippen molar-refractivity contribution in [3.05, 3.63) is 182 Å². The van der Waals surface area contributed by atoms with Crippen LogP contribution >= 0.6 is 0 Å². The molecular formula is C50H30N2O. The Kier molecular flexibility index (Phi) is 5.77. The minimum Gasteiger partial charge on any atom is -0.456 e. The number of aromatic nitrogens is 2. The molecule has 3 heterocycles. The van der Waals surface area contributed by atoms with E-state index in [2.05, 4.69) is 179 Å². The zero-order valence-corrected chi connectivity index (χ0v) is 28.6. The molecule has 0 spiro atoms. The van der Waals surface area contributed by atoms with Gasteiger partial charge in [-0.1, -0.05) is 91.0 Å². The van der Waals surface area contributed by atoms with Crippen LogP contribution in [0.5, 0.6) is 0 Å². The lowest BCUT2D eigenvalue weighted by Crippen LogP contribution is -1.94. The van der Waals surface area contributed by atoms with Gasteiger partial charge in [-0.25, -0.2) is 0 Å². The van der Waals surface area contributed by atoms with Gasteiger partial charge in [0.1, 0.15) is 11.2 Å². The molecule has 0 N–H and O–H groups in total. The third kappa shape index (κ3) is 4.16. The first-order chi connectivity index (χ1) is 26.2. The van der Waals surface area contributed by atoms with E-state index in [1.807, 2.05) is 12.1 Å². The Balaban J connectivity index is 1.01. The van der Waals surface area contributed by atoms with Gasteiger partial charge in [0.15, 0.2) is 0 Å². The van der Waals surface area contributed by atoms with Gasteiger partial charge < -0.3 is 13.6 Å². The number of benzene rings is 9. The molecule has 0 atom stereocenters. The first kappa shape index (κ1) is 28.6. The van der Waals surface area contributed by atoms with Crippen molar-refractivity contribution in [1.82, 2.24) is 9.13 Å². The van der Waals surface area contributed by atoms with E-state index in [1.165, 1.54) is 82.0 Å². The van der Waals surface area contributed by atoms with Crippen molar-refractivity contribution < 1.29 is 4.42 Å². The number of furan rings is 1. The van der Waals surface area contributed by atoms with Gasteiger partial charge >= 0.3 is 0 Å². The van der Waals surface area contributed by atoms with E-state index in [0.29, 0.717) is 0 Å². The maximum absolute atomic E-state index is 6.25. The summed E-state index contributed by atoms with van der Waals surface area (Å²) in [4.78, 5) is 0. The summed E-state index contributed by atoms with van der Waals surface area (Å²) in [5, 5.41) is 12.2. The highest BCUT2D eigenvalue weighted by molar-refractivity contribution is 6.14. The Morgan fingerprint density at radius 2 is 0.830 bits per heavy atom. The van der Waals surface area contributed by atoms with Crippen LogP contribution in [-0.4, -0.2) is 9.13 Å². The molecule has 0 unspecified atom stereocenters. The van der Waals surface area contributed by atoms with Crippen molar-refractivity contribution >= 4 is 87.1 Å². The van der Waals surface area contributed by atoms with E-state index in [0.717, 1.165) is 27.6 Å². The topological polar surface area (TPSA) is 23.0 Å². The highest BCUT2D eigenvalue weighted by Crippen LogP contribution is 2.39. The van der Waals surface area contributed by atoms with Crippen LogP contribution < -0.4 is 0 Å². The lowest BCUT2D eigenvalue weighted by molar-refractivity contribution is 0.669.